The van der Waals surface area contributed by atoms with Crippen molar-refractivity contribution in [1.29, 1.82) is 0 Å². The van der Waals surface area contributed by atoms with Gasteiger partial charge in [0.25, 0.3) is 5.56 Å². The third-order valence-corrected chi connectivity index (χ3v) is 5.87. The maximum Gasteiger partial charge on any atom is 0.331 e. The number of aromatic nitrogens is 2. The van der Waals surface area contributed by atoms with Crippen LogP contribution in [0.3, 0.4) is 0 Å². The van der Waals surface area contributed by atoms with E-state index in [9.17, 15) is 14.4 Å². The number of amides is 1. The Morgan fingerprint density at radius 1 is 1.11 bits per heavy atom. The number of carbonyl (C=O) groups excluding carboxylic acids is 1. The average Bonchev–Trinajstić information content (AvgIpc) is 2.70. The van der Waals surface area contributed by atoms with Gasteiger partial charge in [0.05, 0.1) is 10.9 Å². The van der Waals surface area contributed by atoms with Crippen LogP contribution in [0.15, 0.2) is 33.9 Å². The monoisotopic (exact) mass is 385 g/mol. The molecule has 0 spiro atoms. The largest absolute Gasteiger partial charge is 0.341 e. The number of benzene rings is 1. The Labute approximate surface area is 165 Å². The first-order valence-electron chi connectivity index (χ1n) is 10.4. The molecule has 6 heteroatoms. The van der Waals surface area contributed by atoms with Gasteiger partial charge in [-0.15, -0.1) is 0 Å². The highest BCUT2D eigenvalue weighted by molar-refractivity contribution is 5.81. The van der Waals surface area contributed by atoms with E-state index < -0.39 is 5.69 Å². The Bertz CT molecular complexity index is 952. The number of nitrogens with zero attached hydrogens (tertiary/aromatic N) is 3. The number of carbonyl (C=O) groups is 1. The van der Waals surface area contributed by atoms with E-state index in [1.807, 2.05) is 7.05 Å². The molecule has 1 fully saturated rings. The van der Waals surface area contributed by atoms with E-state index in [0.29, 0.717) is 23.4 Å². The van der Waals surface area contributed by atoms with E-state index >= 15 is 0 Å². The Kier molecular flexibility index (Phi) is 6.37. The minimum Gasteiger partial charge on any atom is -0.341 e. The third kappa shape index (κ3) is 4.21. The summed E-state index contributed by atoms with van der Waals surface area (Å²) < 4.78 is 2.76. The van der Waals surface area contributed by atoms with Gasteiger partial charge in [-0.05, 0) is 37.3 Å². The molecule has 0 unspecified atom stereocenters. The summed E-state index contributed by atoms with van der Waals surface area (Å²) in [6, 6.07) is 7.32. The quantitative estimate of drug-likeness (QED) is 0.768. The molecule has 1 saturated carbocycles. The molecule has 3 rings (SSSR count). The summed E-state index contributed by atoms with van der Waals surface area (Å²) in [4.78, 5) is 40.7. The Morgan fingerprint density at radius 3 is 2.46 bits per heavy atom. The molecule has 1 aliphatic rings. The molecule has 28 heavy (non-hydrogen) atoms. The second-order valence-electron chi connectivity index (χ2n) is 8.32. The molecular formula is C22H31N3O3. The second kappa shape index (κ2) is 8.76. The fourth-order valence-corrected chi connectivity index (χ4v) is 4.03. The van der Waals surface area contributed by atoms with Gasteiger partial charge in [0.15, 0.2) is 0 Å². The molecule has 6 nitrogen and oxygen atoms in total. The van der Waals surface area contributed by atoms with Gasteiger partial charge in [-0.3, -0.25) is 18.7 Å². The molecule has 1 aromatic heterocycles. The molecule has 0 radical (unpaired) electrons. The van der Waals surface area contributed by atoms with E-state index in [2.05, 4.69) is 13.8 Å². The van der Waals surface area contributed by atoms with Gasteiger partial charge in [-0.1, -0.05) is 45.2 Å². The molecule has 1 aromatic carbocycles. The van der Waals surface area contributed by atoms with Gasteiger partial charge in [0.1, 0.15) is 6.54 Å². The Balaban J connectivity index is 1.98. The van der Waals surface area contributed by atoms with Crippen LogP contribution in [0.5, 0.6) is 0 Å². The molecule has 0 bridgehead atoms. The van der Waals surface area contributed by atoms with Crippen molar-refractivity contribution >= 4 is 16.8 Å². The third-order valence-electron chi connectivity index (χ3n) is 5.87. The number of likely N-dealkylation sites (N-methyl/N-ethyl adjacent to an activating group) is 1. The van der Waals surface area contributed by atoms with Crippen LogP contribution in [-0.4, -0.2) is 33.0 Å². The van der Waals surface area contributed by atoms with Crippen molar-refractivity contribution in [3.8, 4) is 0 Å². The van der Waals surface area contributed by atoms with E-state index in [1.54, 1.807) is 29.2 Å². The maximum absolute atomic E-state index is 13.1. The fraction of sp³-hybridized carbons (Fsp3) is 0.591. The van der Waals surface area contributed by atoms with Crippen LogP contribution in [0.1, 0.15) is 52.4 Å². The zero-order valence-electron chi connectivity index (χ0n) is 17.2. The van der Waals surface area contributed by atoms with E-state index in [0.717, 1.165) is 32.1 Å². The molecule has 1 amide bonds. The number of para-hydroxylation sites is 1. The smallest absolute Gasteiger partial charge is 0.331 e. The minimum absolute atomic E-state index is 0.0334. The number of hydrogen-bond donors (Lipinski definition) is 0. The van der Waals surface area contributed by atoms with Crippen molar-refractivity contribution in [3.63, 3.8) is 0 Å². The summed E-state index contributed by atoms with van der Waals surface area (Å²) in [5, 5.41) is 0.485. The zero-order chi connectivity index (χ0) is 20.3. The second-order valence-corrected chi connectivity index (χ2v) is 8.32. The molecule has 1 aliphatic carbocycles. The van der Waals surface area contributed by atoms with Gasteiger partial charge in [0.2, 0.25) is 5.91 Å². The fourth-order valence-electron chi connectivity index (χ4n) is 4.03. The van der Waals surface area contributed by atoms with Gasteiger partial charge >= 0.3 is 5.69 Å². The van der Waals surface area contributed by atoms with E-state index in [1.165, 1.54) is 15.6 Å². The van der Waals surface area contributed by atoms with Crippen molar-refractivity contribution in [3.05, 3.63) is 45.1 Å². The standard InChI is InChI=1S/C22H31N3O3/c1-16(2)13-14-24-21(27)18-11-7-8-12-19(18)25(22(24)28)15-20(26)23(3)17-9-5-4-6-10-17/h7-8,11-12,16-17H,4-6,9-10,13-15H2,1-3H3. The topological polar surface area (TPSA) is 64.3 Å². The molecule has 1 heterocycles. The summed E-state index contributed by atoms with van der Waals surface area (Å²) >= 11 is 0. The molecular weight excluding hydrogens is 354 g/mol. The summed E-state index contributed by atoms with van der Waals surface area (Å²) in [7, 11) is 1.83. The van der Waals surface area contributed by atoms with Gasteiger partial charge in [-0.2, -0.15) is 0 Å². The lowest BCUT2D eigenvalue weighted by Crippen LogP contribution is -2.45. The lowest BCUT2D eigenvalue weighted by Gasteiger charge is -2.31. The highest BCUT2D eigenvalue weighted by atomic mass is 16.2. The summed E-state index contributed by atoms with van der Waals surface area (Å²) in [5.74, 6) is 0.304. The maximum atomic E-state index is 13.1. The van der Waals surface area contributed by atoms with Crippen LogP contribution in [0.2, 0.25) is 0 Å². The van der Waals surface area contributed by atoms with Crippen LogP contribution in [0.4, 0.5) is 0 Å². The van der Waals surface area contributed by atoms with Crippen molar-refractivity contribution in [2.45, 2.75) is 71.5 Å². The van der Waals surface area contributed by atoms with Crippen LogP contribution >= 0.6 is 0 Å². The van der Waals surface area contributed by atoms with Crippen molar-refractivity contribution in [1.82, 2.24) is 14.0 Å². The first kappa shape index (κ1) is 20.4. The molecule has 152 valence electrons. The predicted octanol–water partition coefficient (Wildman–Crippen LogP) is 3.00. The lowest BCUT2D eigenvalue weighted by atomic mass is 9.94. The number of fused-ring (bicyclic) bond motifs is 1. The van der Waals surface area contributed by atoms with Crippen LogP contribution in [0, 0.1) is 5.92 Å². The lowest BCUT2D eigenvalue weighted by molar-refractivity contribution is -0.133. The summed E-state index contributed by atoms with van der Waals surface area (Å²) in [5.41, 5.74) is -0.135. The van der Waals surface area contributed by atoms with Crippen molar-refractivity contribution in [2.75, 3.05) is 7.05 Å². The highest BCUT2D eigenvalue weighted by Gasteiger charge is 2.23. The zero-order valence-corrected chi connectivity index (χ0v) is 17.2. The summed E-state index contributed by atoms with van der Waals surface area (Å²) in [6.45, 7) is 4.46. The van der Waals surface area contributed by atoms with Crippen molar-refractivity contribution < 1.29 is 4.79 Å². The van der Waals surface area contributed by atoms with Crippen LogP contribution in [-0.2, 0) is 17.9 Å². The van der Waals surface area contributed by atoms with E-state index in [4.69, 9.17) is 0 Å². The number of rotatable bonds is 6. The average molecular weight is 386 g/mol. The molecule has 0 aliphatic heterocycles. The van der Waals surface area contributed by atoms with Crippen LogP contribution < -0.4 is 11.2 Å². The van der Waals surface area contributed by atoms with E-state index in [-0.39, 0.29) is 24.1 Å². The highest BCUT2D eigenvalue weighted by Crippen LogP contribution is 2.22. The molecule has 0 N–H and O–H groups in total. The van der Waals surface area contributed by atoms with Gasteiger partial charge in [0, 0.05) is 19.6 Å². The summed E-state index contributed by atoms with van der Waals surface area (Å²) in [6.07, 6.45) is 6.29. The van der Waals surface area contributed by atoms with Gasteiger partial charge < -0.3 is 4.90 Å². The van der Waals surface area contributed by atoms with Gasteiger partial charge in [-0.25, -0.2) is 4.79 Å². The first-order chi connectivity index (χ1) is 13.4. The Hall–Kier alpha value is -2.37. The predicted molar refractivity (Wildman–Crippen MR) is 112 cm³/mol. The number of hydrogen-bond acceptors (Lipinski definition) is 3. The molecule has 0 saturated heterocycles. The molecule has 2 aromatic rings. The normalized spacial score (nSPS) is 15.3. The Morgan fingerprint density at radius 2 is 1.79 bits per heavy atom. The molecule has 0 atom stereocenters. The minimum atomic E-state index is -0.394. The first-order valence-corrected chi connectivity index (χ1v) is 10.4. The van der Waals surface area contributed by atoms with Crippen LogP contribution in [0.25, 0.3) is 10.9 Å². The SMILES string of the molecule is CC(C)CCn1c(=O)c2ccccc2n(CC(=O)N(C)C2CCCCC2)c1=O. The van der Waals surface area contributed by atoms with Crippen molar-refractivity contribution in [2.24, 2.45) is 5.92 Å².